The second-order valence-electron chi connectivity index (χ2n) is 8.67. The number of ether oxygens (including phenoxy) is 1. The van der Waals surface area contributed by atoms with Gasteiger partial charge >= 0.3 is 0 Å². The van der Waals surface area contributed by atoms with E-state index in [2.05, 4.69) is 102 Å². The molecule has 0 aliphatic carbocycles. The summed E-state index contributed by atoms with van der Waals surface area (Å²) >= 11 is 0. The molecule has 170 valence electrons. The Morgan fingerprint density at radius 3 is 2.15 bits per heavy atom. The zero-order valence-electron chi connectivity index (χ0n) is 19.4. The Hall–Kier alpha value is -3.14. The van der Waals surface area contributed by atoms with Crippen LogP contribution in [0.25, 0.3) is 10.8 Å². The summed E-state index contributed by atoms with van der Waals surface area (Å²) in [6.07, 6.45) is 3.80. The second-order valence-corrected chi connectivity index (χ2v) is 8.67. The van der Waals surface area contributed by atoms with Crippen LogP contribution in [0.3, 0.4) is 0 Å². The van der Waals surface area contributed by atoms with Crippen molar-refractivity contribution in [3.8, 4) is 5.75 Å². The van der Waals surface area contributed by atoms with Crippen LogP contribution in [0.1, 0.15) is 23.1 Å². The molecule has 0 amide bonds. The predicted octanol–water partition coefficient (Wildman–Crippen LogP) is 5.55. The molecular weight excluding hydrogens is 404 g/mol. The van der Waals surface area contributed by atoms with Crippen LogP contribution in [0.5, 0.6) is 5.75 Å². The summed E-state index contributed by atoms with van der Waals surface area (Å²) in [6, 6.07) is 34.1. The first-order chi connectivity index (χ1) is 16.2. The van der Waals surface area contributed by atoms with E-state index in [1.165, 1.54) is 27.5 Å². The minimum Gasteiger partial charge on any atom is -0.496 e. The first kappa shape index (κ1) is 23.0. The Morgan fingerprint density at radius 2 is 1.42 bits per heavy atom. The number of nitrogens with two attached hydrogens (primary N) is 1. The fraction of sp³-hybridized carbons (Fsp3) is 0.267. The lowest BCUT2D eigenvalue weighted by molar-refractivity contribution is 0.392. The van der Waals surface area contributed by atoms with Gasteiger partial charge in [0, 0.05) is 17.6 Å². The van der Waals surface area contributed by atoms with E-state index in [0.717, 1.165) is 38.0 Å². The molecule has 0 aromatic heterocycles. The van der Waals surface area contributed by atoms with Crippen molar-refractivity contribution in [2.24, 2.45) is 5.73 Å². The summed E-state index contributed by atoms with van der Waals surface area (Å²) in [7, 11) is 1.75. The molecule has 2 unspecified atom stereocenters. The van der Waals surface area contributed by atoms with Crippen molar-refractivity contribution in [1.82, 2.24) is 5.32 Å². The Morgan fingerprint density at radius 1 is 0.758 bits per heavy atom. The van der Waals surface area contributed by atoms with E-state index in [1.807, 2.05) is 0 Å². The number of aryl methyl sites for hydroxylation is 1. The van der Waals surface area contributed by atoms with Gasteiger partial charge in [-0.25, -0.2) is 0 Å². The zero-order valence-corrected chi connectivity index (χ0v) is 19.4. The molecule has 4 aromatic carbocycles. The summed E-state index contributed by atoms with van der Waals surface area (Å²) in [5.74, 6) is 0.927. The van der Waals surface area contributed by atoms with Crippen LogP contribution in [0.15, 0.2) is 97.1 Å². The van der Waals surface area contributed by atoms with Crippen molar-refractivity contribution >= 4 is 10.8 Å². The van der Waals surface area contributed by atoms with Gasteiger partial charge in [0.1, 0.15) is 5.75 Å². The van der Waals surface area contributed by atoms with Crippen molar-refractivity contribution in [3.05, 3.63) is 114 Å². The maximum atomic E-state index is 6.82. The molecule has 0 radical (unpaired) electrons. The van der Waals surface area contributed by atoms with Gasteiger partial charge in [-0.3, -0.25) is 0 Å². The van der Waals surface area contributed by atoms with E-state index in [4.69, 9.17) is 10.5 Å². The molecule has 0 saturated heterocycles. The molecule has 0 aliphatic rings. The average Bonchev–Trinajstić information content (AvgIpc) is 2.87. The Kier molecular flexibility index (Phi) is 8.13. The molecule has 2 atom stereocenters. The molecule has 3 N–H and O–H groups in total. The van der Waals surface area contributed by atoms with Crippen LogP contribution in [-0.2, 0) is 19.3 Å². The highest BCUT2D eigenvalue weighted by molar-refractivity contribution is 5.87. The summed E-state index contributed by atoms with van der Waals surface area (Å²) < 4.78 is 5.77. The first-order valence-corrected chi connectivity index (χ1v) is 11.9. The van der Waals surface area contributed by atoms with Crippen molar-refractivity contribution in [1.29, 1.82) is 0 Å². The largest absolute Gasteiger partial charge is 0.496 e. The molecule has 3 heteroatoms. The molecule has 0 heterocycles. The number of fused-ring (bicyclic) bond motifs is 1. The smallest absolute Gasteiger partial charge is 0.122 e. The number of hydrogen-bond donors (Lipinski definition) is 2. The van der Waals surface area contributed by atoms with E-state index in [-0.39, 0.29) is 12.1 Å². The van der Waals surface area contributed by atoms with E-state index in [0.29, 0.717) is 0 Å². The van der Waals surface area contributed by atoms with Crippen LogP contribution in [0.4, 0.5) is 0 Å². The third-order valence-electron chi connectivity index (χ3n) is 6.36. The molecule has 0 aliphatic heterocycles. The summed E-state index contributed by atoms with van der Waals surface area (Å²) in [6.45, 7) is 0.926. The van der Waals surface area contributed by atoms with Gasteiger partial charge in [-0.05, 0) is 60.2 Å². The average molecular weight is 439 g/mol. The van der Waals surface area contributed by atoms with Gasteiger partial charge in [0.05, 0.1) is 7.11 Å². The third kappa shape index (κ3) is 6.22. The van der Waals surface area contributed by atoms with Crippen LogP contribution < -0.4 is 15.8 Å². The van der Waals surface area contributed by atoms with Crippen molar-refractivity contribution in [3.63, 3.8) is 0 Å². The lowest BCUT2D eigenvalue weighted by Gasteiger charge is -2.27. The number of rotatable bonds is 11. The minimum absolute atomic E-state index is 0.00667. The van der Waals surface area contributed by atoms with E-state index in [9.17, 15) is 0 Å². The highest BCUT2D eigenvalue weighted by atomic mass is 16.5. The third-order valence-corrected chi connectivity index (χ3v) is 6.36. The van der Waals surface area contributed by atoms with Crippen molar-refractivity contribution in [2.75, 3.05) is 13.7 Å². The lowest BCUT2D eigenvalue weighted by atomic mass is 9.91. The molecule has 4 aromatic rings. The SMILES string of the molecule is COc1ccc2ccccc2c1CC(NCCCc1ccccc1)C(N)Cc1ccccc1. The van der Waals surface area contributed by atoms with Crippen LogP contribution in [0.2, 0.25) is 0 Å². The molecule has 0 bridgehead atoms. The predicted molar refractivity (Wildman–Crippen MR) is 139 cm³/mol. The fourth-order valence-corrected chi connectivity index (χ4v) is 4.57. The zero-order chi connectivity index (χ0) is 22.9. The molecule has 4 rings (SSSR count). The number of methoxy groups -OCH3 is 1. The van der Waals surface area contributed by atoms with Gasteiger partial charge in [0.25, 0.3) is 0 Å². The maximum absolute atomic E-state index is 6.82. The van der Waals surface area contributed by atoms with Gasteiger partial charge in [0.2, 0.25) is 0 Å². The number of hydrogen-bond acceptors (Lipinski definition) is 3. The molecule has 0 saturated carbocycles. The van der Waals surface area contributed by atoms with Gasteiger partial charge in [-0.1, -0.05) is 91.0 Å². The monoisotopic (exact) mass is 438 g/mol. The Labute approximate surface area is 197 Å². The standard InChI is InChI=1S/C30H34N2O/c1-33-30-19-18-25-16-8-9-17-26(25)27(30)22-29(28(31)21-24-13-6-3-7-14-24)32-20-10-15-23-11-4-2-5-12-23/h2-9,11-14,16-19,28-29,32H,10,15,20-22,31H2,1H3. The molecule has 0 fully saturated rings. The van der Waals surface area contributed by atoms with Crippen molar-refractivity contribution < 1.29 is 4.74 Å². The molecular formula is C30H34N2O. The topological polar surface area (TPSA) is 47.3 Å². The Bertz CT molecular complexity index is 1130. The van der Waals surface area contributed by atoms with Gasteiger partial charge in [-0.15, -0.1) is 0 Å². The van der Waals surface area contributed by atoms with Gasteiger partial charge in [-0.2, -0.15) is 0 Å². The number of benzene rings is 4. The molecule has 0 spiro atoms. The van der Waals surface area contributed by atoms with E-state index < -0.39 is 0 Å². The summed E-state index contributed by atoms with van der Waals surface area (Å²) in [4.78, 5) is 0. The van der Waals surface area contributed by atoms with Crippen LogP contribution in [-0.4, -0.2) is 25.7 Å². The summed E-state index contributed by atoms with van der Waals surface area (Å²) in [5.41, 5.74) is 10.7. The summed E-state index contributed by atoms with van der Waals surface area (Å²) in [5, 5.41) is 6.26. The maximum Gasteiger partial charge on any atom is 0.122 e. The lowest BCUT2D eigenvalue weighted by Crippen LogP contribution is -2.48. The quantitative estimate of drug-likeness (QED) is 0.302. The van der Waals surface area contributed by atoms with Crippen LogP contribution in [0, 0.1) is 0 Å². The second kappa shape index (κ2) is 11.6. The number of nitrogens with one attached hydrogen (secondary N) is 1. The highest BCUT2D eigenvalue weighted by Gasteiger charge is 2.21. The molecule has 3 nitrogen and oxygen atoms in total. The van der Waals surface area contributed by atoms with Crippen molar-refractivity contribution in [2.45, 2.75) is 37.8 Å². The minimum atomic E-state index is -0.00667. The molecule has 33 heavy (non-hydrogen) atoms. The fourth-order valence-electron chi connectivity index (χ4n) is 4.57. The normalized spacial score (nSPS) is 13.0. The van der Waals surface area contributed by atoms with Crippen LogP contribution >= 0.6 is 0 Å². The highest BCUT2D eigenvalue weighted by Crippen LogP contribution is 2.29. The van der Waals surface area contributed by atoms with E-state index >= 15 is 0 Å². The van der Waals surface area contributed by atoms with E-state index in [1.54, 1.807) is 7.11 Å². The Balaban J connectivity index is 1.52. The van der Waals surface area contributed by atoms with Gasteiger partial charge in [0.15, 0.2) is 0 Å². The van der Waals surface area contributed by atoms with Gasteiger partial charge < -0.3 is 15.8 Å². The first-order valence-electron chi connectivity index (χ1n) is 11.9.